The van der Waals surface area contributed by atoms with E-state index in [-0.39, 0.29) is 121 Å². The number of likely N-dealkylation sites (N-methyl/N-ethyl adjacent to an activating group) is 1. The third-order valence-electron chi connectivity index (χ3n) is 14.2. The van der Waals surface area contributed by atoms with Gasteiger partial charge in [0, 0.05) is 50.0 Å². The highest BCUT2D eigenvalue weighted by molar-refractivity contribution is 5.73. The van der Waals surface area contributed by atoms with E-state index in [0.717, 1.165) is 148 Å². The number of rotatable bonds is 45. The molecule has 2 aliphatic rings. The summed E-state index contributed by atoms with van der Waals surface area (Å²) in [5.74, 6) is -4.03. The Balaban J connectivity index is 2.11. The summed E-state index contributed by atoms with van der Waals surface area (Å²) < 4.78 is 39.9. The van der Waals surface area contributed by atoms with Crippen LogP contribution < -0.4 is 0 Å². The Kier molecular flexibility index (Phi) is 38.6. The van der Waals surface area contributed by atoms with Gasteiger partial charge in [-0.25, -0.2) is 4.79 Å². The second-order valence-corrected chi connectivity index (χ2v) is 21.1. The topological polar surface area (TPSA) is 191 Å². The average molecular weight is 1050 g/mol. The normalized spacial score (nSPS) is 16.6. The summed E-state index contributed by atoms with van der Waals surface area (Å²) in [6.07, 6.45) is 25.8. The maximum atomic E-state index is 13.7. The van der Waals surface area contributed by atoms with Gasteiger partial charge in [-0.1, -0.05) is 156 Å². The van der Waals surface area contributed by atoms with E-state index >= 15 is 0 Å². The van der Waals surface area contributed by atoms with E-state index < -0.39 is 42.0 Å². The third kappa shape index (κ3) is 33.2. The van der Waals surface area contributed by atoms with E-state index in [4.69, 9.17) is 33.2 Å². The minimum atomic E-state index is -0.774. The van der Waals surface area contributed by atoms with Gasteiger partial charge in [0.2, 0.25) is 0 Å². The van der Waals surface area contributed by atoms with Gasteiger partial charge in [0.1, 0.15) is 19.3 Å². The summed E-state index contributed by atoms with van der Waals surface area (Å²) in [6, 6.07) is -0.629. The third-order valence-corrected chi connectivity index (χ3v) is 14.2. The molecule has 0 bridgehead atoms. The highest BCUT2D eigenvalue weighted by Gasteiger charge is 2.40. The zero-order chi connectivity index (χ0) is 54.0. The molecule has 16 heteroatoms. The van der Waals surface area contributed by atoms with Crippen LogP contribution in [0.25, 0.3) is 0 Å². The molecule has 2 heterocycles. The van der Waals surface area contributed by atoms with Crippen LogP contribution in [0.1, 0.15) is 240 Å². The zero-order valence-electron chi connectivity index (χ0n) is 47.0. The molecule has 0 spiro atoms. The van der Waals surface area contributed by atoms with Crippen molar-refractivity contribution in [2.45, 2.75) is 258 Å². The molecule has 0 N–H and O–H groups in total. The highest BCUT2D eigenvalue weighted by Crippen LogP contribution is 2.25. The maximum absolute atomic E-state index is 13.7. The van der Waals surface area contributed by atoms with Crippen LogP contribution in [0.2, 0.25) is 0 Å². The molecule has 428 valence electrons. The highest BCUT2D eigenvalue weighted by atomic mass is 16.6. The average Bonchev–Trinajstić information content (AvgIpc) is 4.00. The van der Waals surface area contributed by atoms with Gasteiger partial charge < -0.3 is 38.1 Å². The van der Waals surface area contributed by atoms with Gasteiger partial charge in [0.05, 0.1) is 51.9 Å². The predicted molar refractivity (Wildman–Crippen MR) is 285 cm³/mol. The Morgan fingerprint density at radius 1 is 0.432 bits per heavy atom. The van der Waals surface area contributed by atoms with E-state index in [2.05, 4.69) is 32.6 Å². The Morgan fingerprint density at radius 2 is 0.797 bits per heavy atom. The molecule has 2 fully saturated rings. The van der Waals surface area contributed by atoms with Gasteiger partial charge in [-0.05, 0) is 52.1 Å². The van der Waals surface area contributed by atoms with E-state index in [1.54, 1.807) is 0 Å². The fourth-order valence-corrected chi connectivity index (χ4v) is 9.40. The minimum absolute atomic E-state index is 0.00974. The fourth-order valence-electron chi connectivity index (χ4n) is 9.40. The largest absolute Gasteiger partial charge is 0.465 e. The van der Waals surface area contributed by atoms with Crippen LogP contribution in [0, 0.1) is 11.8 Å². The molecule has 0 unspecified atom stereocenters. The monoisotopic (exact) mass is 1050 g/mol. The molecule has 2 saturated heterocycles. The molecule has 2 rings (SSSR count). The van der Waals surface area contributed by atoms with Crippen molar-refractivity contribution in [3.8, 4) is 0 Å². The first-order valence-electron chi connectivity index (χ1n) is 29.5. The molecule has 3 atom stereocenters. The van der Waals surface area contributed by atoms with Gasteiger partial charge in [0.15, 0.2) is 0 Å². The van der Waals surface area contributed by atoms with Gasteiger partial charge >= 0.3 is 41.9 Å². The smallest absolute Gasteiger partial charge is 0.410 e. The lowest BCUT2D eigenvalue weighted by atomic mass is 10.1. The SMILES string of the molecule is CCCCCCCCC(=O)OCC(COC(=O)CCCCCCCC)CC(=O)OC[C@@H]1C[C@@H](OC(=O)CC(COC(=O)CCCCCCCC)COC(=O)CCCCCCCC)CN1C(=O)OC[C@@H]1CCCN1C. The Bertz CT molecular complexity index is 1480. The molecule has 16 nitrogen and oxygen atoms in total. The van der Waals surface area contributed by atoms with Crippen LogP contribution >= 0.6 is 0 Å². The zero-order valence-corrected chi connectivity index (χ0v) is 47.0. The maximum Gasteiger partial charge on any atom is 0.410 e. The van der Waals surface area contributed by atoms with E-state index in [1.165, 1.54) is 4.90 Å². The molecular weight excluding hydrogens is 949 g/mol. The van der Waals surface area contributed by atoms with Crippen molar-refractivity contribution in [3.63, 3.8) is 0 Å². The predicted octanol–water partition coefficient (Wildman–Crippen LogP) is 11.9. The number of likely N-dealkylation sites (tertiary alicyclic amines) is 2. The number of unbranched alkanes of at least 4 members (excludes halogenated alkanes) is 20. The van der Waals surface area contributed by atoms with E-state index in [0.29, 0.717) is 25.7 Å². The molecule has 0 radical (unpaired) electrons. The summed E-state index contributed by atoms with van der Waals surface area (Å²) in [6.45, 7) is 8.97. The molecule has 1 amide bonds. The summed E-state index contributed by atoms with van der Waals surface area (Å²) in [5, 5.41) is 0. The quantitative estimate of drug-likeness (QED) is 0.0318. The molecule has 2 aliphatic heterocycles. The van der Waals surface area contributed by atoms with Crippen molar-refractivity contribution in [1.29, 1.82) is 0 Å². The van der Waals surface area contributed by atoms with Gasteiger partial charge in [0.25, 0.3) is 0 Å². The Labute approximate surface area is 446 Å². The fraction of sp³-hybridized carbons (Fsp3) is 0.879. The second-order valence-electron chi connectivity index (χ2n) is 21.1. The Morgan fingerprint density at radius 3 is 1.18 bits per heavy atom. The molecule has 0 aromatic heterocycles. The lowest BCUT2D eigenvalue weighted by molar-refractivity contribution is -0.157. The first kappa shape index (κ1) is 66.2. The van der Waals surface area contributed by atoms with Crippen LogP contribution in [0.5, 0.6) is 0 Å². The van der Waals surface area contributed by atoms with Gasteiger partial charge in [-0.15, -0.1) is 0 Å². The second kappa shape index (κ2) is 43.2. The first-order valence-corrected chi connectivity index (χ1v) is 29.5. The summed E-state index contributed by atoms with van der Waals surface area (Å²) in [7, 11) is 1.99. The number of nitrogens with zero attached hydrogens (tertiary/aromatic N) is 2. The van der Waals surface area contributed by atoms with Crippen molar-refractivity contribution in [3.05, 3.63) is 0 Å². The molecule has 74 heavy (non-hydrogen) atoms. The number of amides is 1. The number of carbonyl (C=O) groups is 7. The van der Waals surface area contributed by atoms with Crippen LogP contribution in [-0.4, -0.2) is 130 Å². The number of carbonyl (C=O) groups excluding carboxylic acids is 7. The first-order chi connectivity index (χ1) is 35.9. The number of hydrogen-bond donors (Lipinski definition) is 0. The van der Waals surface area contributed by atoms with Crippen molar-refractivity contribution in [2.24, 2.45) is 11.8 Å². The number of ether oxygens (including phenoxy) is 7. The van der Waals surface area contributed by atoms with Gasteiger partial charge in [-0.2, -0.15) is 0 Å². The molecule has 0 saturated carbocycles. The van der Waals surface area contributed by atoms with E-state index in [1.807, 2.05) is 7.05 Å². The minimum Gasteiger partial charge on any atom is -0.465 e. The van der Waals surface area contributed by atoms with Crippen LogP contribution in [0.3, 0.4) is 0 Å². The van der Waals surface area contributed by atoms with Crippen LogP contribution in [0.15, 0.2) is 0 Å². The van der Waals surface area contributed by atoms with Crippen molar-refractivity contribution in [2.75, 3.05) is 59.8 Å². The number of hydrogen-bond acceptors (Lipinski definition) is 15. The van der Waals surface area contributed by atoms with Crippen molar-refractivity contribution < 1.29 is 66.7 Å². The molecule has 0 aromatic rings. The summed E-state index contributed by atoms with van der Waals surface area (Å²) >= 11 is 0. The number of esters is 6. The molecule has 0 aliphatic carbocycles. The Hall–Kier alpha value is -3.95. The van der Waals surface area contributed by atoms with Crippen LogP contribution in [-0.2, 0) is 61.9 Å². The van der Waals surface area contributed by atoms with Gasteiger partial charge in [-0.3, -0.25) is 33.7 Å². The van der Waals surface area contributed by atoms with Crippen molar-refractivity contribution in [1.82, 2.24) is 9.80 Å². The standard InChI is InChI=1S/C58H102N2O14/c1-6-10-14-18-22-26-32-52(61)68-41-47(42-69-53(62)33-27-23-19-15-11-7-2)37-56(65)72-46-50-39-51(40-60(50)58(67)73-45-49-31-30-36-59(49)5)74-57(66)38-48(43-70-54(63)34-28-24-20-16-12-8-3)44-71-55(64)35-29-25-21-17-13-9-4/h47-51H,6-46H2,1-5H3/t49-,50-,51+/m0/s1. The lowest BCUT2D eigenvalue weighted by Crippen LogP contribution is -2.41. The lowest BCUT2D eigenvalue weighted by Gasteiger charge is -2.25. The van der Waals surface area contributed by atoms with E-state index in [9.17, 15) is 33.6 Å². The van der Waals surface area contributed by atoms with Crippen LogP contribution in [0.4, 0.5) is 4.79 Å². The molecular formula is C58H102N2O14. The summed E-state index contributed by atoms with van der Waals surface area (Å²) in [5.41, 5.74) is 0. The van der Waals surface area contributed by atoms with Crippen molar-refractivity contribution >= 4 is 41.9 Å². The molecule has 0 aromatic carbocycles. The summed E-state index contributed by atoms with van der Waals surface area (Å²) in [4.78, 5) is 95.4.